The lowest BCUT2D eigenvalue weighted by Gasteiger charge is -2.19. The quantitative estimate of drug-likeness (QED) is 0.304. The summed E-state index contributed by atoms with van der Waals surface area (Å²) < 4.78 is 18.6. The number of carbonyl (C=O) groups is 1. The number of hydrogen-bond donors (Lipinski definition) is 0. The van der Waals surface area contributed by atoms with E-state index in [2.05, 4.69) is 10.1 Å². The van der Waals surface area contributed by atoms with Gasteiger partial charge in [-0.15, -0.1) is 0 Å². The summed E-state index contributed by atoms with van der Waals surface area (Å²) in [7, 11) is 1.56. The number of nitrogens with zero attached hydrogens (tertiary/aromatic N) is 4. The van der Waals surface area contributed by atoms with Crippen molar-refractivity contribution in [2.45, 2.75) is 13.5 Å². The third-order valence-electron chi connectivity index (χ3n) is 4.98. The van der Waals surface area contributed by atoms with E-state index in [4.69, 9.17) is 16.1 Å². The van der Waals surface area contributed by atoms with Crippen LogP contribution in [0.15, 0.2) is 53.1 Å². The largest absolute Gasteiger partial charge is 0.337 e. The van der Waals surface area contributed by atoms with E-state index >= 15 is 0 Å². The van der Waals surface area contributed by atoms with Crippen LogP contribution in [0.25, 0.3) is 22.4 Å². The fourth-order valence-corrected chi connectivity index (χ4v) is 3.54. The number of non-ortho nitro benzene ring substituents is 1. The van der Waals surface area contributed by atoms with Crippen molar-refractivity contribution in [2.24, 2.45) is 0 Å². The van der Waals surface area contributed by atoms with Crippen LogP contribution in [0.3, 0.4) is 0 Å². The first kappa shape index (κ1) is 21.4. The summed E-state index contributed by atoms with van der Waals surface area (Å²) in [5.41, 5.74) is 2.28. The zero-order chi connectivity index (χ0) is 23.0. The zero-order valence-corrected chi connectivity index (χ0v) is 17.8. The fourth-order valence-electron chi connectivity index (χ4n) is 3.36. The number of pyridine rings is 1. The number of aryl methyl sites for hydroxylation is 1. The maximum Gasteiger partial charge on any atom is 0.269 e. The summed E-state index contributed by atoms with van der Waals surface area (Å²) in [6, 6.07) is 11.3. The fraction of sp³-hybridized carbons (Fsp3) is 0.136. The number of nitro benzene ring substituents is 1. The standard InChI is InChI=1S/C22H16ClFN4O4/c1-12-20-17(10-19(25-21(20)32-26-12)13-3-5-15(24)6-4-13)22(29)27(2)11-14-9-16(28(30)31)7-8-18(14)23/h3-10H,11H2,1-2H3. The minimum absolute atomic E-state index is 0.0410. The highest BCUT2D eigenvalue weighted by Gasteiger charge is 2.23. The smallest absolute Gasteiger partial charge is 0.269 e. The highest BCUT2D eigenvalue weighted by Crippen LogP contribution is 2.29. The first-order chi connectivity index (χ1) is 15.2. The Bertz CT molecular complexity index is 1350. The van der Waals surface area contributed by atoms with Crippen LogP contribution >= 0.6 is 11.6 Å². The number of rotatable bonds is 5. The molecule has 0 bridgehead atoms. The Hall–Kier alpha value is -3.85. The van der Waals surface area contributed by atoms with Crippen LogP contribution in [0.4, 0.5) is 10.1 Å². The molecule has 2 aromatic heterocycles. The minimum atomic E-state index is -0.524. The Kier molecular flexibility index (Phi) is 5.58. The van der Waals surface area contributed by atoms with Gasteiger partial charge in [-0.3, -0.25) is 14.9 Å². The molecule has 4 aromatic rings. The molecule has 0 aliphatic carbocycles. The molecular weight excluding hydrogens is 439 g/mol. The van der Waals surface area contributed by atoms with Gasteiger partial charge in [-0.2, -0.15) is 0 Å². The molecule has 32 heavy (non-hydrogen) atoms. The molecule has 8 nitrogen and oxygen atoms in total. The van der Waals surface area contributed by atoms with Crippen molar-refractivity contribution in [3.05, 3.63) is 86.3 Å². The molecule has 162 valence electrons. The topological polar surface area (TPSA) is 102 Å². The summed E-state index contributed by atoms with van der Waals surface area (Å²) in [5, 5.41) is 15.8. The third-order valence-corrected chi connectivity index (χ3v) is 5.35. The van der Waals surface area contributed by atoms with Crippen LogP contribution < -0.4 is 0 Å². The second-order valence-corrected chi connectivity index (χ2v) is 7.61. The maximum absolute atomic E-state index is 13.4. The normalized spacial score (nSPS) is 11.0. The van der Waals surface area contributed by atoms with Gasteiger partial charge >= 0.3 is 0 Å². The summed E-state index contributed by atoms with van der Waals surface area (Å²) in [5.74, 6) is -0.773. The predicted octanol–water partition coefficient (Wildman–Crippen LogP) is 5.17. The highest BCUT2D eigenvalue weighted by atomic mass is 35.5. The van der Waals surface area contributed by atoms with E-state index < -0.39 is 10.7 Å². The molecule has 0 unspecified atom stereocenters. The van der Waals surface area contributed by atoms with Crippen molar-refractivity contribution in [1.29, 1.82) is 0 Å². The molecule has 0 saturated heterocycles. The summed E-state index contributed by atoms with van der Waals surface area (Å²) in [4.78, 5) is 29.7. The molecule has 0 fully saturated rings. The highest BCUT2D eigenvalue weighted by molar-refractivity contribution is 6.31. The van der Waals surface area contributed by atoms with Gasteiger partial charge in [0.1, 0.15) is 5.82 Å². The lowest BCUT2D eigenvalue weighted by Crippen LogP contribution is -2.26. The van der Waals surface area contributed by atoms with Gasteiger partial charge < -0.3 is 9.42 Å². The predicted molar refractivity (Wildman–Crippen MR) is 116 cm³/mol. The van der Waals surface area contributed by atoms with E-state index in [1.807, 2.05) is 0 Å². The number of fused-ring (bicyclic) bond motifs is 1. The lowest BCUT2D eigenvalue weighted by molar-refractivity contribution is -0.384. The van der Waals surface area contributed by atoms with E-state index in [9.17, 15) is 19.3 Å². The van der Waals surface area contributed by atoms with Gasteiger partial charge in [0.25, 0.3) is 17.3 Å². The summed E-state index contributed by atoms with van der Waals surface area (Å²) in [6.07, 6.45) is 0. The van der Waals surface area contributed by atoms with Crippen molar-refractivity contribution >= 4 is 34.3 Å². The Labute approximate surface area is 186 Å². The number of benzene rings is 2. The number of amides is 1. The number of hydrogen-bond acceptors (Lipinski definition) is 6. The molecule has 0 aliphatic heterocycles. The van der Waals surface area contributed by atoms with Gasteiger partial charge in [0.2, 0.25) is 0 Å². The summed E-state index contributed by atoms with van der Waals surface area (Å²) in [6.45, 7) is 1.73. The Balaban J connectivity index is 1.74. The van der Waals surface area contributed by atoms with E-state index in [0.29, 0.717) is 32.9 Å². The van der Waals surface area contributed by atoms with Gasteiger partial charge in [0.15, 0.2) is 0 Å². The molecule has 0 spiro atoms. The Morgan fingerprint density at radius 1 is 1.22 bits per heavy atom. The molecule has 0 N–H and O–H groups in total. The molecule has 1 amide bonds. The van der Waals surface area contributed by atoms with Crippen molar-refractivity contribution in [3.8, 4) is 11.3 Å². The van der Waals surface area contributed by atoms with Crippen LogP contribution in [0.2, 0.25) is 5.02 Å². The average Bonchev–Trinajstić information content (AvgIpc) is 3.15. The molecule has 10 heteroatoms. The van der Waals surface area contributed by atoms with Crippen LogP contribution in [0.5, 0.6) is 0 Å². The number of halogens is 2. The van der Waals surface area contributed by atoms with Gasteiger partial charge in [-0.1, -0.05) is 16.8 Å². The zero-order valence-electron chi connectivity index (χ0n) is 17.0. The second-order valence-electron chi connectivity index (χ2n) is 7.20. The van der Waals surface area contributed by atoms with Gasteiger partial charge in [0, 0.05) is 36.3 Å². The second kappa shape index (κ2) is 8.35. The van der Waals surface area contributed by atoms with E-state index in [1.54, 1.807) is 32.2 Å². The number of nitro groups is 1. The summed E-state index contributed by atoms with van der Waals surface area (Å²) >= 11 is 6.19. The Morgan fingerprint density at radius 3 is 2.62 bits per heavy atom. The molecule has 0 atom stereocenters. The molecule has 2 aromatic carbocycles. The third kappa shape index (κ3) is 4.02. The Morgan fingerprint density at radius 2 is 1.94 bits per heavy atom. The van der Waals surface area contributed by atoms with E-state index in [0.717, 1.165) is 0 Å². The van der Waals surface area contributed by atoms with Crippen LogP contribution in [0.1, 0.15) is 21.6 Å². The minimum Gasteiger partial charge on any atom is -0.337 e. The lowest BCUT2D eigenvalue weighted by atomic mass is 10.0. The van der Waals surface area contributed by atoms with Crippen molar-refractivity contribution in [1.82, 2.24) is 15.0 Å². The van der Waals surface area contributed by atoms with Crippen molar-refractivity contribution in [3.63, 3.8) is 0 Å². The van der Waals surface area contributed by atoms with Crippen LogP contribution in [0, 0.1) is 22.9 Å². The molecule has 2 heterocycles. The van der Waals surface area contributed by atoms with Crippen LogP contribution in [-0.4, -0.2) is 32.9 Å². The SMILES string of the molecule is Cc1noc2nc(-c3ccc(F)cc3)cc(C(=O)N(C)Cc3cc([N+](=O)[O-])ccc3Cl)c12. The maximum atomic E-state index is 13.4. The number of aromatic nitrogens is 2. The monoisotopic (exact) mass is 454 g/mol. The van der Waals surface area contributed by atoms with Crippen molar-refractivity contribution < 1.29 is 18.6 Å². The van der Waals surface area contributed by atoms with E-state index in [-0.39, 0.29) is 29.4 Å². The molecule has 0 saturated carbocycles. The molecule has 0 aliphatic rings. The van der Waals surface area contributed by atoms with Crippen molar-refractivity contribution in [2.75, 3.05) is 7.05 Å². The van der Waals surface area contributed by atoms with Gasteiger partial charge in [0.05, 0.1) is 27.3 Å². The van der Waals surface area contributed by atoms with Gasteiger partial charge in [-0.05, 0) is 48.9 Å². The van der Waals surface area contributed by atoms with Gasteiger partial charge in [-0.25, -0.2) is 9.37 Å². The van der Waals surface area contributed by atoms with Crippen LogP contribution in [-0.2, 0) is 6.54 Å². The first-order valence-corrected chi connectivity index (χ1v) is 9.83. The molecular formula is C22H16ClFN4O4. The van der Waals surface area contributed by atoms with E-state index in [1.165, 1.54) is 35.2 Å². The molecule has 4 rings (SSSR count). The number of carbonyl (C=O) groups excluding carboxylic acids is 1. The average molecular weight is 455 g/mol. The molecule has 0 radical (unpaired) electrons. The first-order valence-electron chi connectivity index (χ1n) is 9.46.